The second-order valence-corrected chi connectivity index (χ2v) is 4.25. The van der Waals surface area contributed by atoms with Crippen LogP contribution in [0.2, 0.25) is 5.02 Å². The number of anilines is 1. The summed E-state index contributed by atoms with van der Waals surface area (Å²) in [6, 6.07) is 0. The highest BCUT2D eigenvalue weighted by Gasteiger charge is 2.12. The van der Waals surface area contributed by atoms with Crippen LogP contribution in [0.3, 0.4) is 0 Å². The Morgan fingerprint density at radius 2 is 2.12 bits per heavy atom. The van der Waals surface area contributed by atoms with Crippen LogP contribution in [0, 0.1) is 0 Å². The van der Waals surface area contributed by atoms with Gasteiger partial charge in [0.1, 0.15) is 0 Å². The second-order valence-electron chi connectivity index (χ2n) is 3.88. The second kappa shape index (κ2) is 5.69. The van der Waals surface area contributed by atoms with Crippen molar-refractivity contribution in [2.75, 3.05) is 5.73 Å². The number of halogens is 1. The Bertz CT molecular complexity index is 487. The standard InChI is InChI=1S/C14H17ClN2/c1-5-6-11(10(4)9(2)3)12-7-17-8-13(16)14(12)15/h6-8H,2,4-5,16H2,1,3H3/b11-6+. The van der Waals surface area contributed by atoms with E-state index in [-0.39, 0.29) is 0 Å². The van der Waals surface area contributed by atoms with Gasteiger partial charge in [0.15, 0.2) is 0 Å². The number of hydrogen-bond acceptors (Lipinski definition) is 2. The minimum atomic E-state index is 0.473. The van der Waals surface area contributed by atoms with E-state index in [0.29, 0.717) is 10.7 Å². The summed E-state index contributed by atoms with van der Waals surface area (Å²) < 4.78 is 0. The summed E-state index contributed by atoms with van der Waals surface area (Å²) in [5, 5.41) is 0.516. The maximum Gasteiger partial charge on any atom is 0.0745 e. The van der Waals surface area contributed by atoms with Crippen LogP contribution in [-0.2, 0) is 0 Å². The maximum atomic E-state index is 6.20. The molecule has 1 rings (SSSR count). The number of hydrogen-bond donors (Lipinski definition) is 1. The molecule has 17 heavy (non-hydrogen) atoms. The van der Waals surface area contributed by atoms with Gasteiger partial charge in [-0.1, -0.05) is 43.3 Å². The zero-order valence-electron chi connectivity index (χ0n) is 10.3. The zero-order valence-corrected chi connectivity index (χ0v) is 11.0. The van der Waals surface area contributed by atoms with Gasteiger partial charge >= 0.3 is 0 Å². The van der Waals surface area contributed by atoms with Crippen molar-refractivity contribution in [3.8, 4) is 0 Å². The van der Waals surface area contributed by atoms with Crippen molar-refractivity contribution >= 4 is 22.9 Å². The van der Waals surface area contributed by atoms with E-state index in [9.17, 15) is 0 Å². The molecule has 0 aliphatic heterocycles. The minimum Gasteiger partial charge on any atom is -0.396 e. The summed E-state index contributed by atoms with van der Waals surface area (Å²) in [7, 11) is 0. The zero-order chi connectivity index (χ0) is 13.0. The third kappa shape index (κ3) is 2.98. The van der Waals surface area contributed by atoms with Crippen molar-refractivity contribution in [2.24, 2.45) is 0 Å². The van der Waals surface area contributed by atoms with Crippen molar-refractivity contribution < 1.29 is 0 Å². The van der Waals surface area contributed by atoms with Crippen LogP contribution in [-0.4, -0.2) is 4.98 Å². The van der Waals surface area contributed by atoms with Crippen LogP contribution in [0.15, 0.2) is 42.8 Å². The fourth-order valence-electron chi connectivity index (χ4n) is 1.48. The Morgan fingerprint density at radius 1 is 1.47 bits per heavy atom. The molecule has 0 aromatic carbocycles. The Labute approximate surface area is 108 Å². The molecule has 3 heteroatoms. The largest absolute Gasteiger partial charge is 0.396 e. The molecule has 0 bridgehead atoms. The van der Waals surface area contributed by atoms with Crippen LogP contribution in [0.5, 0.6) is 0 Å². The molecule has 0 atom stereocenters. The predicted molar refractivity (Wildman–Crippen MR) is 75.9 cm³/mol. The van der Waals surface area contributed by atoms with E-state index < -0.39 is 0 Å². The molecule has 0 aliphatic carbocycles. The first kappa shape index (κ1) is 13.5. The molecule has 1 aromatic heterocycles. The first-order valence-corrected chi connectivity index (χ1v) is 5.81. The van der Waals surface area contributed by atoms with Crippen LogP contribution in [0.1, 0.15) is 25.8 Å². The monoisotopic (exact) mass is 248 g/mol. The van der Waals surface area contributed by atoms with Crippen molar-refractivity contribution in [2.45, 2.75) is 20.3 Å². The molecule has 0 fully saturated rings. The Balaban J connectivity index is 3.34. The molecule has 0 unspecified atom stereocenters. The highest BCUT2D eigenvalue weighted by Crippen LogP contribution is 2.33. The van der Waals surface area contributed by atoms with E-state index in [1.165, 1.54) is 0 Å². The number of nitrogen functional groups attached to an aromatic ring is 1. The Hall–Kier alpha value is -1.54. The van der Waals surface area contributed by atoms with Crippen molar-refractivity contribution in [3.63, 3.8) is 0 Å². The van der Waals surface area contributed by atoms with E-state index >= 15 is 0 Å². The van der Waals surface area contributed by atoms with E-state index in [1.54, 1.807) is 12.4 Å². The molecular formula is C14H17ClN2. The van der Waals surface area contributed by atoms with Gasteiger partial charge in [0, 0.05) is 11.8 Å². The SMILES string of the molecule is C=C(C)C(=C)/C(=C\CC)c1cncc(N)c1Cl. The molecule has 0 saturated heterocycles. The van der Waals surface area contributed by atoms with Crippen LogP contribution in [0.4, 0.5) is 5.69 Å². The quantitative estimate of drug-likeness (QED) is 0.810. The molecule has 0 saturated carbocycles. The van der Waals surface area contributed by atoms with Gasteiger partial charge in [0.25, 0.3) is 0 Å². The summed E-state index contributed by atoms with van der Waals surface area (Å²) in [6.45, 7) is 11.9. The molecule has 0 radical (unpaired) electrons. The van der Waals surface area contributed by atoms with E-state index in [1.807, 2.05) is 6.92 Å². The van der Waals surface area contributed by atoms with Crippen molar-refractivity contribution in [3.05, 3.63) is 53.4 Å². The summed E-state index contributed by atoms with van der Waals surface area (Å²) in [6.07, 6.45) is 6.18. The van der Waals surface area contributed by atoms with Crippen LogP contribution < -0.4 is 5.73 Å². The molecular weight excluding hydrogens is 232 g/mol. The van der Waals surface area contributed by atoms with Gasteiger partial charge < -0.3 is 5.73 Å². The van der Waals surface area contributed by atoms with Crippen molar-refractivity contribution in [1.82, 2.24) is 4.98 Å². The third-order valence-electron chi connectivity index (χ3n) is 2.45. The van der Waals surface area contributed by atoms with Gasteiger partial charge in [0.2, 0.25) is 0 Å². The lowest BCUT2D eigenvalue weighted by molar-refractivity contribution is 1.22. The van der Waals surface area contributed by atoms with Crippen molar-refractivity contribution in [1.29, 1.82) is 0 Å². The van der Waals surface area contributed by atoms with E-state index in [2.05, 4.69) is 31.1 Å². The molecule has 1 heterocycles. The van der Waals surface area contributed by atoms with Gasteiger partial charge in [-0.25, -0.2) is 0 Å². The highest BCUT2D eigenvalue weighted by atomic mass is 35.5. The first-order chi connectivity index (χ1) is 7.99. The van der Waals surface area contributed by atoms with E-state index in [4.69, 9.17) is 17.3 Å². The number of aromatic nitrogens is 1. The summed E-state index contributed by atoms with van der Waals surface area (Å²) in [5.41, 5.74) is 9.75. The van der Waals surface area contributed by atoms with Gasteiger partial charge in [-0.05, 0) is 24.5 Å². The number of nitrogens with zero attached hydrogens (tertiary/aromatic N) is 1. The average molecular weight is 249 g/mol. The summed E-state index contributed by atoms with van der Waals surface area (Å²) in [4.78, 5) is 4.07. The number of rotatable bonds is 4. The van der Waals surface area contributed by atoms with Gasteiger partial charge in [-0.3, -0.25) is 4.98 Å². The molecule has 0 aliphatic rings. The molecule has 0 amide bonds. The highest BCUT2D eigenvalue weighted by molar-refractivity contribution is 6.35. The molecule has 0 spiro atoms. The number of pyridine rings is 1. The molecule has 90 valence electrons. The third-order valence-corrected chi connectivity index (χ3v) is 2.87. The predicted octanol–water partition coefficient (Wildman–Crippen LogP) is 4.24. The fraction of sp³-hybridized carbons (Fsp3) is 0.214. The lowest BCUT2D eigenvalue weighted by atomic mass is 9.95. The summed E-state index contributed by atoms with van der Waals surface area (Å²) in [5.74, 6) is 0. The number of allylic oxidation sites excluding steroid dienone is 4. The van der Waals surface area contributed by atoms with Gasteiger partial charge in [0.05, 0.1) is 16.9 Å². The average Bonchev–Trinajstić information content (AvgIpc) is 2.29. The van der Waals surface area contributed by atoms with E-state index in [0.717, 1.165) is 28.7 Å². The molecule has 1 aromatic rings. The number of nitrogens with two attached hydrogens (primary N) is 1. The lowest BCUT2D eigenvalue weighted by Gasteiger charge is -2.13. The normalized spacial score (nSPS) is 11.4. The van der Waals surface area contributed by atoms with Gasteiger partial charge in [-0.15, -0.1) is 0 Å². The molecule has 2 nitrogen and oxygen atoms in total. The van der Waals surface area contributed by atoms with Gasteiger partial charge in [-0.2, -0.15) is 0 Å². The maximum absolute atomic E-state index is 6.20. The van der Waals surface area contributed by atoms with Crippen LogP contribution >= 0.6 is 11.6 Å². The topological polar surface area (TPSA) is 38.9 Å². The lowest BCUT2D eigenvalue weighted by Crippen LogP contribution is -1.96. The first-order valence-electron chi connectivity index (χ1n) is 5.43. The fourth-order valence-corrected chi connectivity index (χ4v) is 1.68. The smallest absolute Gasteiger partial charge is 0.0745 e. The van der Waals surface area contributed by atoms with Crippen LogP contribution in [0.25, 0.3) is 5.57 Å². The Kier molecular flexibility index (Phi) is 4.53. The Morgan fingerprint density at radius 3 is 2.65 bits per heavy atom. The summed E-state index contributed by atoms with van der Waals surface area (Å²) >= 11 is 6.20. The minimum absolute atomic E-state index is 0.473. The molecule has 2 N–H and O–H groups in total.